The van der Waals surface area contributed by atoms with Gasteiger partial charge in [-0.25, -0.2) is 0 Å². The van der Waals surface area contributed by atoms with Crippen molar-refractivity contribution < 1.29 is 9.90 Å². The SMILES string of the molecule is Cc1ccc(C(C)C)cc1CNC(=O)C1(CO)CC1. The number of benzene rings is 1. The number of hydrogen-bond donors (Lipinski definition) is 2. The summed E-state index contributed by atoms with van der Waals surface area (Å²) in [4.78, 5) is 12.0. The van der Waals surface area contributed by atoms with Crippen molar-refractivity contribution in [2.24, 2.45) is 5.41 Å². The average Bonchev–Trinajstić information content (AvgIpc) is 3.18. The Morgan fingerprint density at radius 3 is 2.63 bits per heavy atom. The zero-order valence-corrected chi connectivity index (χ0v) is 12.0. The van der Waals surface area contributed by atoms with E-state index in [2.05, 4.69) is 44.3 Å². The van der Waals surface area contributed by atoms with Crippen LogP contribution in [0.2, 0.25) is 0 Å². The van der Waals surface area contributed by atoms with Crippen molar-refractivity contribution in [3.8, 4) is 0 Å². The highest BCUT2D eigenvalue weighted by atomic mass is 16.3. The van der Waals surface area contributed by atoms with Crippen LogP contribution < -0.4 is 5.32 Å². The van der Waals surface area contributed by atoms with Crippen LogP contribution >= 0.6 is 0 Å². The van der Waals surface area contributed by atoms with Crippen LogP contribution in [0.3, 0.4) is 0 Å². The summed E-state index contributed by atoms with van der Waals surface area (Å²) < 4.78 is 0. The van der Waals surface area contributed by atoms with Crippen LogP contribution in [0.25, 0.3) is 0 Å². The lowest BCUT2D eigenvalue weighted by molar-refractivity contribution is -0.127. The number of hydrogen-bond acceptors (Lipinski definition) is 2. The summed E-state index contributed by atoms with van der Waals surface area (Å²) >= 11 is 0. The molecule has 0 unspecified atom stereocenters. The molecule has 104 valence electrons. The van der Waals surface area contributed by atoms with Gasteiger partial charge in [0.15, 0.2) is 0 Å². The summed E-state index contributed by atoms with van der Waals surface area (Å²) in [6.07, 6.45) is 1.61. The first-order valence-electron chi connectivity index (χ1n) is 6.97. The van der Waals surface area contributed by atoms with E-state index in [0.717, 1.165) is 18.4 Å². The minimum atomic E-state index is -0.483. The van der Waals surface area contributed by atoms with Gasteiger partial charge < -0.3 is 10.4 Å². The molecule has 1 fully saturated rings. The summed E-state index contributed by atoms with van der Waals surface area (Å²) in [6, 6.07) is 6.41. The Balaban J connectivity index is 2.03. The van der Waals surface area contributed by atoms with Crippen LogP contribution in [0.15, 0.2) is 18.2 Å². The van der Waals surface area contributed by atoms with Gasteiger partial charge in [-0.15, -0.1) is 0 Å². The molecule has 0 spiro atoms. The first-order valence-corrected chi connectivity index (χ1v) is 6.97. The van der Waals surface area contributed by atoms with Gasteiger partial charge in [0.1, 0.15) is 0 Å². The number of aryl methyl sites for hydroxylation is 1. The van der Waals surface area contributed by atoms with Crippen molar-refractivity contribution in [2.75, 3.05) is 6.61 Å². The Bertz CT molecular complexity index is 476. The molecule has 2 rings (SSSR count). The lowest BCUT2D eigenvalue weighted by Gasteiger charge is -2.15. The molecule has 0 radical (unpaired) electrons. The smallest absolute Gasteiger partial charge is 0.228 e. The van der Waals surface area contributed by atoms with E-state index in [4.69, 9.17) is 0 Å². The Kier molecular flexibility index (Phi) is 3.95. The average molecular weight is 261 g/mol. The van der Waals surface area contributed by atoms with Crippen molar-refractivity contribution >= 4 is 5.91 Å². The predicted octanol–water partition coefficient (Wildman–Crippen LogP) is 2.51. The highest BCUT2D eigenvalue weighted by Crippen LogP contribution is 2.45. The fraction of sp³-hybridized carbons (Fsp3) is 0.562. The van der Waals surface area contributed by atoms with Crippen molar-refractivity contribution in [1.82, 2.24) is 5.32 Å². The number of carbonyl (C=O) groups excluding carboxylic acids is 1. The number of amides is 1. The second-order valence-corrected chi connectivity index (χ2v) is 5.96. The van der Waals surface area contributed by atoms with Crippen LogP contribution in [0.4, 0.5) is 0 Å². The number of aliphatic hydroxyl groups excluding tert-OH is 1. The van der Waals surface area contributed by atoms with Crippen LogP contribution in [-0.2, 0) is 11.3 Å². The molecular weight excluding hydrogens is 238 g/mol. The normalized spacial score (nSPS) is 16.5. The lowest BCUT2D eigenvalue weighted by Crippen LogP contribution is -2.33. The largest absolute Gasteiger partial charge is 0.395 e. The Hall–Kier alpha value is -1.35. The standard InChI is InChI=1S/C16H23NO2/c1-11(2)13-5-4-12(3)14(8-13)9-17-15(19)16(10-18)6-7-16/h4-5,8,11,18H,6-7,9-10H2,1-3H3,(H,17,19). The van der Waals surface area contributed by atoms with E-state index < -0.39 is 5.41 Å². The molecule has 0 atom stereocenters. The summed E-state index contributed by atoms with van der Waals surface area (Å²) in [5.41, 5.74) is 3.16. The van der Waals surface area contributed by atoms with E-state index >= 15 is 0 Å². The highest BCUT2D eigenvalue weighted by Gasteiger charge is 2.49. The second kappa shape index (κ2) is 5.33. The van der Waals surface area contributed by atoms with Gasteiger partial charge in [0.05, 0.1) is 12.0 Å². The van der Waals surface area contributed by atoms with Crippen molar-refractivity contribution in [2.45, 2.75) is 46.1 Å². The maximum absolute atomic E-state index is 12.0. The summed E-state index contributed by atoms with van der Waals surface area (Å²) in [6.45, 7) is 6.90. The monoisotopic (exact) mass is 261 g/mol. The molecule has 1 aliphatic carbocycles. The first-order chi connectivity index (χ1) is 8.98. The minimum absolute atomic E-state index is 0.00986. The fourth-order valence-corrected chi connectivity index (χ4v) is 2.21. The van der Waals surface area contributed by atoms with E-state index in [9.17, 15) is 9.90 Å². The second-order valence-electron chi connectivity index (χ2n) is 5.96. The molecule has 3 nitrogen and oxygen atoms in total. The van der Waals surface area contributed by atoms with E-state index in [-0.39, 0.29) is 12.5 Å². The third kappa shape index (κ3) is 2.98. The van der Waals surface area contributed by atoms with E-state index in [1.165, 1.54) is 11.1 Å². The summed E-state index contributed by atoms with van der Waals surface area (Å²) in [7, 11) is 0. The lowest BCUT2D eigenvalue weighted by atomic mass is 9.97. The highest BCUT2D eigenvalue weighted by molar-refractivity contribution is 5.85. The molecule has 1 aliphatic rings. The molecule has 1 aromatic rings. The van der Waals surface area contributed by atoms with Gasteiger partial charge in [-0.2, -0.15) is 0 Å². The van der Waals surface area contributed by atoms with E-state index in [1.54, 1.807) is 0 Å². The van der Waals surface area contributed by atoms with Gasteiger partial charge in [-0.3, -0.25) is 4.79 Å². The third-order valence-electron chi connectivity index (χ3n) is 4.12. The third-order valence-corrected chi connectivity index (χ3v) is 4.12. The Morgan fingerprint density at radius 1 is 1.42 bits per heavy atom. The summed E-state index contributed by atoms with van der Waals surface area (Å²) in [5, 5.41) is 12.2. The van der Waals surface area contributed by atoms with Crippen LogP contribution in [0.1, 0.15) is 49.3 Å². The van der Waals surface area contributed by atoms with Gasteiger partial charge in [-0.05, 0) is 42.4 Å². The van der Waals surface area contributed by atoms with Crippen LogP contribution in [0, 0.1) is 12.3 Å². The zero-order valence-electron chi connectivity index (χ0n) is 12.0. The molecule has 0 heterocycles. The predicted molar refractivity (Wildman–Crippen MR) is 75.9 cm³/mol. The maximum Gasteiger partial charge on any atom is 0.228 e. The molecule has 2 N–H and O–H groups in total. The summed E-state index contributed by atoms with van der Waals surface area (Å²) in [5.74, 6) is 0.478. The number of carbonyl (C=O) groups is 1. The molecule has 19 heavy (non-hydrogen) atoms. The van der Waals surface area contributed by atoms with E-state index in [1.807, 2.05) is 0 Å². The van der Waals surface area contributed by atoms with Crippen LogP contribution in [-0.4, -0.2) is 17.6 Å². The van der Waals surface area contributed by atoms with Crippen LogP contribution in [0.5, 0.6) is 0 Å². The molecule has 3 heteroatoms. The molecule has 0 aromatic heterocycles. The number of rotatable bonds is 5. The molecule has 1 amide bonds. The zero-order chi connectivity index (χ0) is 14.0. The number of aliphatic hydroxyl groups is 1. The molecule has 0 bridgehead atoms. The first kappa shape index (κ1) is 14.1. The molecule has 1 aromatic carbocycles. The fourth-order valence-electron chi connectivity index (χ4n) is 2.21. The van der Waals surface area contributed by atoms with Crippen molar-refractivity contribution in [3.63, 3.8) is 0 Å². The maximum atomic E-state index is 12.0. The van der Waals surface area contributed by atoms with Gasteiger partial charge in [-0.1, -0.05) is 32.0 Å². The minimum Gasteiger partial charge on any atom is -0.395 e. The van der Waals surface area contributed by atoms with Gasteiger partial charge in [0, 0.05) is 6.54 Å². The van der Waals surface area contributed by atoms with Gasteiger partial charge in [0.25, 0.3) is 0 Å². The molecule has 0 aliphatic heterocycles. The molecule has 1 saturated carbocycles. The van der Waals surface area contributed by atoms with E-state index in [0.29, 0.717) is 12.5 Å². The quantitative estimate of drug-likeness (QED) is 0.855. The van der Waals surface area contributed by atoms with Gasteiger partial charge in [0.2, 0.25) is 5.91 Å². The number of nitrogens with one attached hydrogen (secondary N) is 1. The Morgan fingerprint density at radius 2 is 2.11 bits per heavy atom. The van der Waals surface area contributed by atoms with Crippen molar-refractivity contribution in [1.29, 1.82) is 0 Å². The molecule has 0 saturated heterocycles. The molecular formula is C16H23NO2. The Labute approximate surface area is 115 Å². The van der Waals surface area contributed by atoms with Crippen molar-refractivity contribution in [3.05, 3.63) is 34.9 Å². The topological polar surface area (TPSA) is 49.3 Å². The van der Waals surface area contributed by atoms with Gasteiger partial charge >= 0.3 is 0 Å².